The van der Waals surface area contributed by atoms with Crippen LogP contribution in [0, 0.1) is 0 Å². The highest BCUT2D eigenvalue weighted by molar-refractivity contribution is 5.87. The minimum Gasteiger partial charge on any atom is -0.497 e. The average molecular weight is 266 g/mol. The van der Waals surface area contributed by atoms with Crippen molar-refractivity contribution in [1.29, 1.82) is 0 Å². The number of fused-ring (bicyclic) bond motifs is 1. The molecule has 0 bridgehead atoms. The van der Waals surface area contributed by atoms with Gasteiger partial charge in [-0.05, 0) is 28.5 Å². The van der Waals surface area contributed by atoms with Gasteiger partial charge in [-0.25, -0.2) is 9.97 Å². The van der Waals surface area contributed by atoms with Gasteiger partial charge in [0.05, 0.1) is 7.11 Å². The SMILES string of the molecule is COc1ccc2cccc(Cc3ncnc(N)n3)c2c1. The first-order chi connectivity index (χ1) is 9.76. The standard InChI is InChI=1S/C15H14N4O/c1-20-12-6-5-10-3-2-4-11(13(10)8-12)7-14-17-9-18-15(16)19-14/h2-6,8-9H,7H2,1H3,(H2,16,17,18,19). The van der Waals surface area contributed by atoms with Crippen LogP contribution >= 0.6 is 0 Å². The molecule has 20 heavy (non-hydrogen) atoms. The van der Waals surface area contributed by atoms with Gasteiger partial charge in [-0.3, -0.25) is 0 Å². The molecule has 100 valence electrons. The number of hydrogen-bond acceptors (Lipinski definition) is 5. The number of nitrogens with two attached hydrogens (primary N) is 1. The zero-order valence-electron chi connectivity index (χ0n) is 11.1. The molecular formula is C15H14N4O. The second-order valence-corrected chi connectivity index (χ2v) is 4.44. The molecule has 2 N–H and O–H groups in total. The molecule has 1 aromatic heterocycles. The molecule has 0 amide bonds. The molecule has 0 fully saturated rings. The summed E-state index contributed by atoms with van der Waals surface area (Å²) in [6.07, 6.45) is 2.04. The number of rotatable bonds is 3. The highest BCUT2D eigenvalue weighted by Gasteiger charge is 2.06. The topological polar surface area (TPSA) is 73.9 Å². The Morgan fingerprint density at radius 2 is 2.05 bits per heavy atom. The Hall–Kier alpha value is -2.69. The van der Waals surface area contributed by atoms with Gasteiger partial charge >= 0.3 is 0 Å². The maximum absolute atomic E-state index is 5.59. The quantitative estimate of drug-likeness (QED) is 0.786. The Bertz CT molecular complexity index is 758. The van der Waals surface area contributed by atoms with Crippen LogP contribution in [0.15, 0.2) is 42.7 Å². The first-order valence-electron chi connectivity index (χ1n) is 6.25. The molecule has 5 heteroatoms. The molecule has 0 aliphatic rings. The van der Waals surface area contributed by atoms with Gasteiger partial charge in [0, 0.05) is 6.42 Å². The maximum atomic E-state index is 5.59. The minimum absolute atomic E-state index is 0.243. The Balaban J connectivity index is 2.06. The maximum Gasteiger partial charge on any atom is 0.223 e. The van der Waals surface area contributed by atoms with E-state index in [2.05, 4.69) is 27.1 Å². The van der Waals surface area contributed by atoms with Crippen LogP contribution in [0.4, 0.5) is 5.95 Å². The Morgan fingerprint density at radius 1 is 1.15 bits per heavy atom. The number of aromatic nitrogens is 3. The van der Waals surface area contributed by atoms with Crippen molar-refractivity contribution in [2.45, 2.75) is 6.42 Å². The van der Waals surface area contributed by atoms with Gasteiger partial charge in [-0.15, -0.1) is 0 Å². The lowest BCUT2D eigenvalue weighted by molar-refractivity contribution is 0.415. The highest BCUT2D eigenvalue weighted by atomic mass is 16.5. The van der Waals surface area contributed by atoms with Crippen molar-refractivity contribution in [2.75, 3.05) is 12.8 Å². The average Bonchev–Trinajstić information content (AvgIpc) is 2.47. The van der Waals surface area contributed by atoms with Gasteiger partial charge in [0.2, 0.25) is 5.95 Å². The van der Waals surface area contributed by atoms with Gasteiger partial charge in [0.15, 0.2) is 0 Å². The number of ether oxygens (including phenoxy) is 1. The van der Waals surface area contributed by atoms with Crippen molar-refractivity contribution in [3.63, 3.8) is 0 Å². The van der Waals surface area contributed by atoms with Gasteiger partial charge in [-0.1, -0.05) is 24.3 Å². The first kappa shape index (κ1) is 12.3. The molecule has 0 radical (unpaired) electrons. The Labute approximate surface area is 116 Å². The molecule has 0 spiro atoms. The summed E-state index contributed by atoms with van der Waals surface area (Å²) in [5.41, 5.74) is 6.72. The van der Waals surface area contributed by atoms with E-state index >= 15 is 0 Å². The third kappa shape index (κ3) is 2.38. The monoisotopic (exact) mass is 266 g/mol. The van der Waals surface area contributed by atoms with E-state index in [4.69, 9.17) is 10.5 Å². The van der Waals surface area contributed by atoms with Crippen LogP contribution in [0.25, 0.3) is 10.8 Å². The fourth-order valence-electron chi connectivity index (χ4n) is 2.20. The molecule has 0 saturated carbocycles. The molecule has 2 aromatic carbocycles. The van der Waals surface area contributed by atoms with Gasteiger partial charge < -0.3 is 10.5 Å². The number of methoxy groups -OCH3 is 1. The number of benzene rings is 2. The summed E-state index contributed by atoms with van der Waals surface area (Å²) in [6.45, 7) is 0. The van der Waals surface area contributed by atoms with Crippen LogP contribution in [0.3, 0.4) is 0 Å². The number of anilines is 1. The van der Waals surface area contributed by atoms with Crippen molar-refractivity contribution in [3.05, 3.63) is 54.1 Å². The molecule has 5 nitrogen and oxygen atoms in total. The number of nitrogens with zero attached hydrogens (tertiary/aromatic N) is 3. The fourth-order valence-corrected chi connectivity index (χ4v) is 2.20. The van der Waals surface area contributed by atoms with Crippen molar-refractivity contribution in [3.8, 4) is 5.75 Å². The summed E-state index contributed by atoms with van der Waals surface area (Å²) in [4.78, 5) is 12.1. The molecule has 0 atom stereocenters. The summed E-state index contributed by atoms with van der Waals surface area (Å²) in [7, 11) is 1.66. The summed E-state index contributed by atoms with van der Waals surface area (Å²) < 4.78 is 5.29. The molecule has 0 aliphatic heterocycles. The minimum atomic E-state index is 0.243. The predicted octanol–water partition coefficient (Wildman–Crippen LogP) is 2.21. The van der Waals surface area contributed by atoms with E-state index in [0.29, 0.717) is 12.2 Å². The van der Waals surface area contributed by atoms with Crippen LogP contribution in [0.1, 0.15) is 11.4 Å². The predicted molar refractivity (Wildman–Crippen MR) is 77.5 cm³/mol. The Kier molecular flexibility index (Phi) is 3.16. The molecule has 3 rings (SSSR count). The van der Waals surface area contributed by atoms with Crippen molar-refractivity contribution >= 4 is 16.7 Å². The molecule has 1 heterocycles. The van der Waals surface area contributed by atoms with E-state index < -0.39 is 0 Å². The molecule has 3 aromatic rings. The Morgan fingerprint density at radius 3 is 2.85 bits per heavy atom. The zero-order valence-corrected chi connectivity index (χ0v) is 11.1. The van der Waals surface area contributed by atoms with Crippen LogP contribution < -0.4 is 10.5 Å². The van der Waals surface area contributed by atoms with Crippen LogP contribution in [0.5, 0.6) is 5.75 Å². The third-order valence-electron chi connectivity index (χ3n) is 3.17. The van der Waals surface area contributed by atoms with E-state index in [1.807, 2.05) is 24.3 Å². The molecular weight excluding hydrogens is 252 g/mol. The summed E-state index contributed by atoms with van der Waals surface area (Å²) in [5.74, 6) is 1.74. The van der Waals surface area contributed by atoms with Gasteiger partial charge in [0.25, 0.3) is 0 Å². The van der Waals surface area contributed by atoms with E-state index in [9.17, 15) is 0 Å². The molecule has 0 saturated heterocycles. The van der Waals surface area contributed by atoms with Crippen molar-refractivity contribution in [2.24, 2.45) is 0 Å². The molecule has 0 aliphatic carbocycles. The molecule has 0 unspecified atom stereocenters. The second kappa shape index (κ2) is 5.13. The number of nitrogen functional groups attached to an aromatic ring is 1. The highest BCUT2D eigenvalue weighted by Crippen LogP contribution is 2.25. The fraction of sp³-hybridized carbons (Fsp3) is 0.133. The van der Waals surface area contributed by atoms with E-state index in [-0.39, 0.29) is 5.95 Å². The smallest absolute Gasteiger partial charge is 0.223 e. The number of hydrogen-bond donors (Lipinski definition) is 1. The van der Waals surface area contributed by atoms with E-state index in [1.54, 1.807) is 7.11 Å². The second-order valence-electron chi connectivity index (χ2n) is 4.44. The summed E-state index contributed by atoms with van der Waals surface area (Å²) >= 11 is 0. The van der Waals surface area contributed by atoms with Crippen molar-refractivity contribution in [1.82, 2.24) is 15.0 Å². The van der Waals surface area contributed by atoms with Crippen LogP contribution in [-0.4, -0.2) is 22.1 Å². The van der Waals surface area contributed by atoms with Gasteiger partial charge in [-0.2, -0.15) is 4.98 Å². The normalized spacial score (nSPS) is 10.7. The largest absolute Gasteiger partial charge is 0.497 e. The lowest BCUT2D eigenvalue weighted by Gasteiger charge is -2.08. The first-order valence-corrected chi connectivity index (χ1v) is 6.25. The van der Waals surface area contributed by atoms with Crippen molar-refractivity contribution < 1.29 is 4.74 Å². The van der Waals surface area contributed by atoms with E-state index in [1.165, 1.54) is 6.33 Å². The summed E-state index contributed by atoms with van der Waals surface area (Å²) in [5, 5.41) is 2.29. The lowest BCUT2D eigenvalue weighted by Crippen LogP contribution is -2.02. The van der Waals surface area contributed by atoms with Gasteiger partial charge in [0.1, 0.15) is 17.9 Å². The zero-order chi connectivity index (χ0) is 13.9. The summed E-state index contributed by atoms with van der Waals surface area (Å²) in [6, 6.07) is 12.2. The third-order valence-corrected chi connectivity index (χ3v) is 3.17. The van der Waals surface area contributed by atoms with E-state index in [0.717, 1.165) is 22.1 Å². The lowest BCUT2D eigenvalue weighted by atomic mass is 10.0. The van der Waals surface area contributed by atoms with Crippen LogP contribution in [-0.2, 0) is 6.42 Å². The van der Waals surface area contributed by atoms with Crippen LogP contribution in [0.2, 0.25) is 0 Å².